The van der Waals surface area contributed by atoms with Gasteiger partial charge in [0.25, 0.3) is 11.8 Å². The van der Waals surface area contributed by atoms with Gasteiger partial charge in [-0.25, -0.2) is 0 Å². The number of rotatable bonds is 1. The number of ether oxygens (including phenoxy) is 1. The fourth-order valence-electron chi connectivity index (χ4n) is 5.72. The molecule has 7 heteroatoms. The van der Waals surface area contributed by atoms with Crippen LogP contribution < -0.4 is 5.32 Å². The van der Waals surface area contributed by atoms with Crippen LogP contribution in [-0.4, -0.2) is 38.7 Å². The first-order valence-electron chi connectivity index (χ1n) is 11.2. The van der Waals surface area contributed by atoms with E-state index in [1.807, 2.05) is 60.0 Å². The van der Waals surface area contributed by atoms with Gasteiger partial charge in [-0.15, -0.1) is 0 Å². The van der Waals surface area contributed by atoms with Gasteiger partial charge in [0.1, 0.15) is 0 Å². The summed E-state index contributed by atoms with van der Waals surface area (Å²) in [6.45, 7) is 2.01. The maximum atomic E-state index is 13.1. The highest BCUT2D eigenvalue weighted by Gasteiger charge is 2.38. The molecule has 0 aliphatic carbocycles. The number of fused-ring (bicyclic) bond motifs is 10. The number of nitrogens with zero attached hydrogens (tertiary/aromatic N) is 1. The molecule has 2 aromatic heterocycles. The number of aromatic nitrogens is 2. The Morgan fingerprint density at radius 2 is 1.64 bits per heavy atom. The molecule has 4 heterocycles. The molecule has 0 radical (unpaired) electrons. The number of benzene rings is 3. The SMILES string of the molecule is C[C@H]1CC[C@@H](O)C(n2c3ccccc3c3c4c(c5c6ccccc6[nH]c5c32)C(=O)NC4=O)O1. The zero-order valence-electron chi connectivity index (χ0n) is 17.9. The van der Waals surface area contributed by atoms with E-state index in [1.54, 1.807) is 0 Å². The first-order valence-corrected chi connectivity index (χ1v) is 11.2. The number of hydrogen-bond acceptors (Lipinski definition) is 4. The van der Waals surface area contributed by atoms with Gasteiger partial charge in [-0.1, -0.05) is 36.4 Å². The summed E-state index contributed by atoms with van der Waals surface area (Å²) >= 11 is 0. The fourth-order valence-corrected chi connectivity index (χ4v) is 5.72. The van der Waals surface area contributed by atoms with E-state index in [0.29, 0.717) is 22.9 Å². The number of H-pyrrole nitrogens is 1. The van der Waals surface area contributed by atoms with E-state index < -0.39 is 18.2 Å². The molecule has 3 N–H and O–H groups in total. The van der Waals surface area contributed by atoms with Crippen molar-refractivity contribution in [3.63, 3.8) is 0 Å². The second-order valence-electron chi connectivity index (χ2n) is 9.05. The zero-order valence-corrected chi connectivity index (χ0v) is 17.9. The number of hydrogen-bond donors (Lipinski definition) is 3. The highest BCUT2D eigenvalue weighted by molar-refractivity contribution is 6.39. The number of imide groups is 1. The molecule has 164 valence electrons. The van der Waals surface area contributed by atoms with Crippen LogP contribution >= 0.6 is 0 Å². The van der Waals surface area contributed by atoms with Crippen molar-refractivity contribution in [1.29, 1.82) is 0 Å². The lowest BCUT2D eigenvalue weighted by molar-refractivity contribution is -0.144. The molecule has 5 aromatic rings. The molecular weight excluding hydrogens is 418 g/mol. The summed E-state index contributed by atoms with van der Waals surface area (Å²) in [5, 5.41) is 16.7. The number of aliphatic hydroxyl groups is 1. The van der Waals surface area contributed by atoms with Crippen LogP contribution in [0, 0.1) is 0 Å². The maximum Gasteiger partial charge on any atom is 0.259 e. The van der Waals surface area contributed by atoms with Crippen LogP contribution in [0.5, 0.6) is 0 Å². The minimum Gasteiger partial charge on any atom is -0.388 e. The van der Waals surface area contributed by atoms with E-state index in [1.165, 1.54) is 0 Å². The summed E-state index contributed by atoms with van der Waals surface area (Å²) in [6.07, 6.45) is 0.0992. The van der Waals surface area contributed by atoms with Crippen LogP contribution in [0.15, 0.2) is 48.5 Å². The lowest BCUT2D eigenvalue weighted by Gasteiger charge is -2.34. The Bertz CT molecular complexity index is 1660. The molecular formula is C26H21N3O4. The first kappa shape index (κ1) is 18.8. The van der Waals surface area contributed by atoms with E-state index >= 15 is 0 Å². The van der Waals surface area contributed by atoms with Gasteiger partial charge < -0.3 is 19.4 Å². The molecule has 2 aliphatic rings. The summed E-state index contributed by atoms with van der Waals surface area (Å²) in [6, 6.07) is 15.6. The number of para-hydroxylation sites is 2. The second kappa shape index (κ2) is 6.43. The van der Waals surface area contributed by atoms with Crippen molar-refractivity contribution in [1.82, 2.24) is 14.9 Å². The predicted octanol–water partition coefficient (Wildman–Crippen LogP) is 4.37. The second-order valence-corrected chi connectivity index (χ2v) is 9.05. The quantitative estimate of drug-likeness (QED) is 0.338. The number of carbonyl (C=O) groups excluding carboxylic acids is 2. The van der Waals surface area contributed by atoms with Gasteiger partial charge in [-0.2, -0.15) is 0 Å². The van der Waals surface area contributed by atoms with Crippen molar-refractivity contribution in [3.8, 4) is 0 Å². The van der Waals surface area contributed by atoms with Crippen LogP contribution in [-0.2, 0) is 4.74 Å². The van der Waals surface area contributed by atoms with Crippen molar-refractivity contribution >= 4 is 55.4 Å². The number of aromatic amines is 1. The summed E-state index contributed by atoms with van der Waals surface area (Å²) in [4.78, 5) is 29.6. The molecule has 7 nitrogen and oxygen atoms in total. The van der Waals surface area contributed by atoms with Crippen LogP contribution in [0.3, 0.4) is 0 Å². The summed E-state index contributed by atoms with van der Waals surface area (Å²) < 4.78 is 8.29. The van der Waals surface area contributed by atoms with Gasteiger partial charge in [0.05, 0.1) is 39.9 Å². The third-order valence-corrected chi connectivity index (χ3v) is 7.11. The Balaban J connectivity index is 1.77. The molecule has 1 fully saturated rings. The number of aliphatic hydroxyl groups excluding tert-OH is 1. The van der Waals surface area contributed by atoms with Gasteiger partial charge in [0.2, 0.25) is 0 Å². The Morgan fingerprint density at radius 3 is 2.45 bits per heavy atom. The maximum absolute atomic E-state index is 13.1. The molecule has 33 heavy (non-hydrogen) atoms. The largest absolute Gasteiger partial charge is 0.388 e. The van der Waals surface area contributed by atoms with Crippen molar-refractivity contribution < 1.29 is 19.4 Å². The van der Waals surface area contributed by atoms with Gasteiger partial charge in [0.15, 0.2) is 6.23 Å². The third kappa shape index (κ3) is 2.35. The summed E-state index contributed by atoms with van der Waals surface area (Å²) in [7, 11) is 0. The standard InChI is InChI=1S/C26H21N3O4/c1-12-10-11-17(30)26(33-12)29-16-9-5-3-7-14(16)19-21-20(24(31)28-25(21)32)18-13-6-2-4-8-15(13)27-22(18)23(19)29/h2-9,12,17,26-27,30H,10-11H2,1H3,(H,28,31,32)/t12-,17+,26?/m0/s1. The van der Waals surface area contributed by atoms with E-state index in [2.05, 4.69) is 10.3 Å². The van der Waals surface area contributed by atoms with Gasteiger partial charge in [-0.3, -0.25) is 14.9 Å². The van der Waals surface area contributed by atoms with Crippen LogP contribution in [0.4, 0.5) is 0 Å². The van der Waals surface area contributed by atoms with Gasteiger partial charge in [0, 0.05) is 27.1 Å². The van der Waals surface area contributed by atoms with Gasteiger partial charge in [-0.05, 0) is 31.9 Å². The smallest absolute Gasteiger partial charge is 0.259 e. The van der Waals surface area contributed by atoms with Crippen molar-refractivity contribution in [2.45, 2.75) is 38.2 Å². The molecule has 0 saturated carbocycles. The first-order chi connectivity index (χ1) is 16.0. The molecule has 0 bridgehead atoms. The van der Waals surface area contributed by atoms with Gasteiger partial charge >= 0.3 is 0 Å². The van der Waals surface area contributed by atoms with E-state index in [4.69, 9.17) is 4.74 Å². The van der Waals surface area contributed by atoms with E-state index in [0.717, 1.165) is 44.6 Å². The molecule has 2 aliphatic heterocycles. The van der Waals surface area contributed by atoms with E-state index in [9.17, 15) is 14.7 Å². The number of amides is 2. The minimum atomic E-state index is -0.691. The van der Waals surface area contributed by atoms with Crippen molar-refractivity contribution in [3.05, 3.63) is 59.7 Å². The molecule has 1 saturated heterocycles. The Hall–Kier alpha value is -3.68. The normalized spacial score (nSPS) is 23.2. The Morgan fingerprint density at radius 1 is 0.939 bits per heavy atom. The van der Waals surface area contributed by atoms with Crippen molar-refractivity contribution in [2.75, 3.05) is 0 Å². The molecule has 3 atom stereocenters. The highest BCUT2D eigenvalue weighted by atomic mass is 16.5. The third-order valence-electron chi connectivity index (χ3n) is 7.11. The van der Waals surface area contributed by atoms with Crippen LogP contribution in [0.2, 0.25) is 0 Å². The lowest BCUT2D eigenvalue weighted by Crippen LogP contribution is -2.35. The van der Waals surface area contributed by atoms with Crippen LogP contribution in [0.1, 0.15) is 46.7 Å². The molecule has 3 aromatic carbocycles. The molecule has 7 rings (SSSR count). The number of carbonyl (C=O) groups is 2. The summed E-state index contributed by atoms with van der Waals surface area (Å²) in [5.41, 5.74) is 4.06. The fraction of sp³-hybridized carbons (Fsp3) is 0.231. The Labute approximate surface area is 187 Å². The monoisotopic (exact) mass is 439 g/mol. The predicted molar refractivity (Wildman–Crippen MR) is 125 cm³/mol. The lowest BCUT2D eigenvalue weighted by atomic mass is 9.96. The molecule has 1 unspecified atom stereocenters. The highest BCUT2D eigenvalue weighted by Crippen LogP contribution is 2.45. The molecule has 2 amide bonds. The zero-order chi connectivity index (χ0) is 22.4. The summed E-state index contributed by atoms with van der Waals surface area (Å²) in [5.74, 6) is -0.778. The van der Waals surface area contributed by atoms with Crippen LogP contribution in [0.25, 0.3) is 43.6 Å². The Kier molecular flexibility index (Phi) is 3.67. The van der Waals surface area contributed by atoms with E-state index in [-0.39, 0.29) is 12.0 Å². The minimum absolute atomic E-state index is 0.00730. The topological polar surface area (TPSA) is 96.4 Å². The van der Waals surface area contributed by atoms with Crippen molar-refractivity contribution in [2.24, 2.45) is 0 Å². The average molecular weight is 439 g/mol. The average Bonchev–Trinajstić information content (AvgIpc) is 3.44. The molecule has 0 spiro atoms. The number of nitrogens with one attached hydrogen (secondary N) is 2.